The van der Waals surface area contributed by atoms with Crippen molar-refractivity contribution in [2.75, 3.05) is 20.5 Å². The van der Waals surface area contributed by atoms with Crippen molar-refractivity contribution in [3.63, 3.8) is 0 Å². The molecule has 0 amide bonds. The van der Waals surface area contributed by atoms with Gasteiger partial charge in [0.2, 0.25) is 0 Å². The molecular formula is C17H20Br2O4. The van der Waals surface area contributed by atoms with E-state index in [4.69, 9.17) is 18.9 Å². The molecule has 2 aliphatic rings. The van der Waals surface area contributed by atoms with Gasteiger partial charge < -0.3 is 18.9 Å². The Kier molecular flexibility index (Phi) is 5.93. The van der Waals surface area contributed by atoms with Gasteiger partial charge in [0.1, 0.15) is 12.4 Å². The Hall–Kier alpha value is -0.240. The van der Waals surface area contributed by atoms with E-state index in [9.17, 15) is 0 Å². The molecule has 126 valence electrons. The fraction of sp³-hybridized carbons (Fsp3) is 0.529. The van der Waals surface area contributed by atoms with Crippen LogP contribution in [0.5, 0.6) is 0 Å². The predicted molar refractivity (Wildman–Crippen MR) is 95.0 cm³/mol. The van der Waals surface area contributed by atoms with Gasteiger partial charge in [0.25, 0.3) is 0 Å². The van der Waals surface area contributed by atoms with Gasteiger partial charge in [-0.15, -0.1) is 0 Å². The zero-order valence-electron chi connectivity index (χ0n) is 12.9. The maximum Gasteiger partial charge on any atom is 0.146 e. The Morgan fingerprint density at radius 1 is 1.22 bits per heavy atom. The predicted octanol–water partition coefficient (Wildman–Crippen LogP) is 3.43. The van der Waals surface area contributed by atoms with Crippen LogP contribution in [0.25, 0.3) is 0 Å². The molecule has 1 aromatic carbocycles. The van der Waals surface area contributed by atoms with Crippen molar-refractivity contribution in [3.8, 4) is 0 Å². The van der Waals surface area contributed by atoms with Gasteiger partial charge in [-0.2, -0.15) is 0 Å². The summed E-state index contributed by atoms with van der Waals surface area (Å²) in [6, 6.07) is 10.1. The molecule has 4 nitrogen and oxygen atoms in total. The summed E-state index contributed by atoms with van der Waals surface area (Å²) >= 11 is 7.44. The highest BCUT2D eigenvalue weighted by Crippen LogP contribution is 2.44. The maximum absolute atomic E-state index is 6.21. The zero-order valence-corrected chi connectivity index (χ0v) is 16.0. The summed E-state index contributed by atoms with van der Waals surface area (Å²) in [5.74, 6) is 0. The maximum atomic E-state index is 6.21. The van der Waals surface area contributed by atoms with Crippen molar-refractivity contribution in [3.05, 3.63) is 48.0 Å². The van der Waals surface area contributed by atoms with E-state index in [1.54, 1.807) is 7.11 Å². The molecule has 0 aromatic heterocycles. The minimum atomic E-state index is -0.512. The second kappa shape index (κ2) is 7.76. The molecule has 0 unspecified atom stereocenters. The Labute approximate surface area is 153 Å². The van der Waals surface area contributed by atoms with Gasteiger partial charge in [0.05, 0.1) is 35.1 Å². The summed E-state index contributed by atoms with van der Waals surface area (Å²) in [7, 11) is 1.62. The summed E-state index contributed by atoms with van der Waals surface area (Å²) in [5, 5.41) is 0. The van der Waals surface area contributed by atoms with Crippen molar-refractivity contribution in [2.24, 2.45) is 0 Å². The first-order valence-electron chi connectivity index (χ1n) is 7.54. The van der Waals surface area contributed by atoms with Crippen LogP contribution in [0.15, 0.2) is 42.5 Å². The minimum absolute atomic E-state index is 0.0222. The first-order valence-corrected chi connectivity index (χ1v) is 9.37. The van der Waals surface area contributed by atoms with E-state index in [1.165, 1.54) is 0 Å². The molecule has 6 heteroatoms. The highest BCUT2D eigenvalue weighted by atomic mass is 79.9. The standard InChI is InChI=1S/C17H20Br2O4/c1-20-11-22-15-14(18)13-7-8-17(23-13,16(15)19)10-21-9-12-5-3-2-4-6-12/h2-8,13-16H,9-11H2,1H3/t13-,14+,15+,16+,17-/m0/s1. The second-order valence-corrected chi connectivity index (χ2v) is 7.80. The molecule has 5 atom stereocenters. The van der Waals surface area contributed by atoms with E-state index in [2.05, 4.69) is 56.1 Å². The SMILES string of the molecule is COCO[C@@H]1[C@H](Br)[C@@H]2C=C[C@@](COCc3ccccc3)(O2)[C@@H]1Br. The molecule has 3 rings (SSSR count). The Bertz CT molecular complexity index is 539. The third kappa shape index (κ3) is 3.72. The highest BCUT2D eigenvalue weighted by molar-refractivity contribution is 9.10. The van der Waals surface area contributed by atoms with Crippen molar-refractivity contribution in [1.29, 1.82) is 0 Å². The topological polar surface area (TPSA) is 36.9 Å². The average Bonchev–Trinajstić information content (AvgIpc) is 2.97. The number of fused-ring (bicyclic) bond motifs is 2. The van der Waals surface area contributed by atoms with Gasteiger partial charge in [-0.05, 0) is 5.56 Å². The van der Waals surface area contributed by atoms with E-state index < -0.39 is 5.60 Å². The van der Waals surface area contributed by atoms with E-state index in [0.717, 1.165) is 5.56 Å². The largest absolute Gasteiger partial charge is 0.373 e. The van der Waals surface area contributed by atoms with Crippen LogP contribution in [-0.2, 0) is 25.6 Å². The van der Waals surface area contributed by atoms with Gasteiger partial charge in [0, 0.05) is 7.11 Å². The lowest BCUT2D eigenvalue weighted by Gasteiger charge is -2.44. The van der Waals surface area contributed by atoms with Crippen LogP contribution in [0.2, 0.25) is 0 Å². The molecule has 2 heterocycles. The lowest BCUT2D eigenvalue weighted by Crippen LogP contribution is -2.59. The van der Waals surface area contributed by atoms with Crippen LogP contribution in [0.1, 0.15) is 5.56 Å². The van der Waals surface area contributed by atoms with Crippen LogP contribution in [-0.4, -0.2) is 48.0 Å². The fourth-order valence-electron chi connectivity index (χ4n) is 2.93. The molecule has 0 N–H and O–H groups in total. The smallest absolute Gasteiger partial charge is 0.146 e. The van der Waals surface area contributed by atoms with Crippen molar-refractivity contribution in [2.45, 2.75) is 34.1 Å². The number of ether oxygens (including phenoxy) is 4. The molecule has 0 spiro atoms. The number of benzene rings is 1. The summed E-state index contributed by atoms with van der Waals surface area (Å²) in [6.07, 6.45) is 4.08. The molecular weight excluding hydrogens is 428 g/mol. The molecule has 1 fully saturated rings. The monoisotopic (exact) mass is 446 g/mol. The number of methoxy groups -OCH3 is 1. The average molecular weight is 448 g/mol. The molecule has 2 bridgehead atoms. The Balaban J connectivity index is 1.64. The van der Waals surface area contributed by atoms with E-state index >= 15 is 0 Å². The highest BCUT2D eigenvalue weighted by Gasteiger charge is 2.55. The molecule has 1 saturated heterocycles. The van der Waals surface area contributed by atoms with Gasteiger partial charge in [-0.3, -0.25) is 0 Å². The first kappa shape index (κ1) is 17.6. The van der Waals surface area contributed by atoms with Gasteiger partial charge in [-0.25, -0.2) is 0 Å². The summed E-state index contributed by atoms with van der Waals surface area (Å²) in [5.41, 5.74) is 0.636. The second-order valence-electron chi connectivity index (χ2n) is 5.76. The lowest BCUT2D eigenvalue weighted by atomic mass is 9.94. The van der Waals surface area contributed by atoms with Crippen LogP contribution in [0, 0.1) is 0 Å². The quantitative estimate of drug-likeness (QED) is 0.364. The number of halogens is 2. The normalized spacial score (nSPS) is 35.6. The van der Waals surface area contributed by atoms with Crippen molar-refractivity contribution in [1.82, 2.24) is 0 Å². The summed E-state index contributed by atoms with van der Waals surface area (Å²) in [6.45, 7) is 1.28. The number of alkyl halides is 2. The number of rotatable bonds is 7. The Morgan fingerprint density at radius 3 is 2.74 bits per heavy atom. The first-order chi connectivity index (χ1) is 11.2. The van der Waals surface area contributed by atoms with E-state index in [1.807, 2.05) is 18.2 Å². The van der Waals surface area contributed by atoms with E-state index in [-0.39, 0.29) is 28.7 Å². The van der Waals surface area contributed by atoms with Gasteiger partial charge in [-0.1, -0.05) is 74.3 Å². The van der Waals surface area contributed by atoms with E-state index in [0.29, 0.717) is 13.2 Å². The third-order valence-corrected chi connectivity index (χ3v) is 6.46. The third-order valence-electron chi connectivity index (χ3n) is 4.12. The van der Waals surface area contributed by atoms with Crippen LogP contribution >= 0.6 is 31.9 Å². The lowest BCUT2D eigenvalue weighted by molar-refractivity contribution is -0.159. The molecule has 2 aliphatic heterocycles. The van der Waals surface area contributed by atoms with Gasteiger partial charge in [0.15, 0.2) is 0 Å². The van der Waals surface area contributed by atoms with Crippen molar-refractivity contribution >= 4 is 31.9 Å². The summed E-state index contributed by atoms with van der Waals surface area (Å²) in [4.78, 5) is 0.0447. The molecule has 1 aromatic rings. The van der Waals surface area contributed by atoms with Gasteiger partial charge >= 0.3 is 0 Å². The van der Waals surface area contributed by atoms with Crippen LogP contribution < -0.4 is 0 Å². The zero-order chi connectivity index (χ0) is 16.3. The molecule has 0 saturated carbocycles. The van der Waals surface area contributed by atoms with Crippen LogP contribution in [0.4, 0.5) is 0 Å². The Morgan fingerprint density at radius 2 is 2.00 bits per heavy atom. The van der Waals surface area contributed by atoms with Crippen LogP contribution in [0.3, 0.4) is 0 Å². The summed E-state index contributed by atoms with van der Waals surface area (Å²) < 4.78 is 23.0. The number of hydrogen-bond acceptors (Lipinski definition) is 4. The molecule has 0 radical (unpaired) electrons. The fourth-order valence-corrected chi connectivity index (χ4v) is 4.96. The number of hydrogen-bond donors (Lipinski definition) is 0. The molecule has 0 aliphatic carbocycles. The molecule has 23 heavy (non-hydrogen) atoms. The van der Waals surface area contributed by atoms with Crippen molar-refractivity contribution < 1.29 is 18.9 Å². The minimum Gasteiger partial charge on any atom is -0.373 e.